The number of rotatable bonds is 3. The number of benzene rings is 1. The number of aliphatic hydroxyl groups excluding tert-OH is 1. The van der Waals surface area contributed by atoms with Crippen molar-refractivity contribution >= 4 is 16.7 Å². The third kappa shape index (κ3) is 3.09. The van der Waals surface area contributed by atoms with Gasteiger partial charge in [-0.15, -0.1) is 0 Å². The normalized spacial score (nSPS) is 17.2. The molecule has 0 bridgehead atoms. The van der Waals surface area contributed by atoms with Crippen LogP contribution in [0.5, 0.6) is 5.75 Å². The Morgan fingerprint density at radius 3 is 2.81 bits per heavy atom. The summed E-state index contributed by atoms with van der Waals surface area (Å²) in [6, 6.07) is 7.93. The van der Waals surface area contributed by atoms with Crippen LogP contribution in [0.3, 0.4) is 0 Å². The van der Waals surface area contributed by atoms with Crippen LogP contribution in [0.1, 0.15) is 18.4 Å². The van der Waals surface area contributed by atoms with Crippen molar-refractivity contribution in [1.82, 2.24) is 9.88 Å². The van der Waals surface area contributed by atoms with E-state index in [0.717, 1.165) is 54.7 Å². The second kappa shape index (κ2) is 5.87. The minimum Gasteiger partial charge on any atom is -0.497 e. The Morgan fingerprint density at radius 2 is 2.10 bits per heavy atom. The molecule has 112 valence electrons. The number of nitrogens with two attached hydrogens (primary N) is 1. The van der Waals surface area contributed by atoms with Crippen LogP contribution in [-0.4, -0.2) is 41.3 Å². The van der Waals surface area contributed by atoms with Gasteiger partial charge in [0.2, 0.25) is 0 Å². The minimum atomic E-state index is -0.152. The number of pyridine rings is 1. The van der Waals surface area contributed by atoms with E-state index in [1.807, 2.05) is 18.2 Å². The Balaban J connectivity index is 1.83. The van der Waals surface area contributed by atoms with Crippen molar-refractivity contribution in [3.63, 3.8) is 0 Å². The highest BCUT2D eigenvalue weighted by Gasteiger charge is 2.18. The number of nitrogen functional groups attached to an aromatic ring is 1. The van der Waals surface area contributed by atoms with Crippen molar-refractivity contribution in [3.8, 4) is 5.75 Å². The Bertz CT molecular complexity index is 637. The summed E-state index contributed by atoms with van der Waals surface area (Å²) in [4.78, 5) is 6.80. The van der Waals surface area contributed by atoms with Crippen molar-refractivity contribution in [2.24, 2.45) is 0 Å². The van der Waals surface area contributed by atoms with Gasteiger partial charge in [0, 0.05) is 36.7 Å². The molecule has 3 rings (SSSR count). The standard InChI is InChI=1S/C16H21N3O2/c1-21-14-3-2-11-8-12(16(17)18-15(11)9-14)10-19-6-4-13(20)5-7-19/h2-3,8-9,13,20H,4-7,10H2,1H3,(H2,17,18). The van der Waals surface area contributed by atoms with Crippen LogP contribution >= 0.6 is 0 Å². The van der Waals surface area contributed by atoms with Gasteiger partial charge >= 0.3 is 0 Å². The fourth-order valence-corrected chi connectivity index (χ4v) is 2.78. The lowest BCUT2D eigenvalue weighted by molar-refractivity contribution is 0.0793. The largest absolute Gasteiger partial charge is 0.497 e. The van der Waals surface area contributed by atoms with E-state index in [1.54, 1.807) is 7.11 Å². The van der Waals surface area contributed by atoms with Crippen LogP contribution in [0, 0.1) is 0 Å². The topological polar surface area (TPSA) is 71.6 Å². The van der Waals surface area contributed by atoms with Crippen molar-refractivity contribution in [2.75, 3.05) is 25.9 Å². The molecule has 5 heteroatoms. The number of methoxy groups -OCH3 is 1. The third-order valence-electron chi connectivity index (χ3n) is 4.09. The maximum Gasteiger partial charge on any atom is 0.128 e. The zero-order chi connectivity index (χ0) is 14.8. The third-order valence-corrected chi connectivity index (χ3v) is 4.09. The molecule has 5 nitrogen and oxygen atoms in total. The molecule has 0 spiro atoms. The first-order chi connectivity index (χ1) is 10.2. The highest BCUT2D eigenvalue weighted by atomic mass is 16.5. The van der Waals surface area contributed by atoms with Gasteiger partial charge in [-0.25, -0.2) is 4.98 Å². The molecule has 1 aliphatic heterocycles. The van der Waals surface area contributed by atoms with E-state index in [1.165, 1.54) is 0 Å². The van der Waals surface area contributed by atoms with E-state index >= 15 is 0 Å². The second-order valence-corrected chi connectivity index (χ2v) is 5.60. The predicted molar refractivity (Wildman–Crippen MR) is 83.2 cm³/mol. The molecule has 1 aromatic heterocycles. The first kappa shape index (κ1) is 14.1. The molecule has 0 aliphatic carbocycles. The van der Waals surface area contributed by atoms with Crippen LogP contribution in [0.2, 0.25) is 0 Å². The summed E-state index contributed by atoms with van der Waals surface area (Å²) < 4.78 is 5.21. The highest BCUT2D eigenvalue weighted by molar-refractivity contribution is 5.82. The molecule has 0 radical (unpaired) electrons. The number of hydrogen-bond acceptors (Lipinski definition) is 5. The van der Waals surface area contributed by atoms with Gasteiger partial charge in [0.25, 0.3) is 0 Å². The fraction of sp³-hybridized carbons (Fsp3) is 0.438. The molecule has 0 atom stereocenters. The van der Waals surface area contributed by atoms with Crippen molar-refractivity contribution in [3.05, 3.63) is 29.8 Å². The molecular weight excluding hydrogens is 266 g/mol. The van der Waals surface area contributed by atoms with Gasteiger partial charge in [0.05, 0.1) is 18.7 Å². The number of piperidine rings is 1. The van der Waals surface area contributed by atoms with E-state index in [9.17, 15) is 5.11 Å². The number of hydrogen-bond donors (Lipinski definition) is 2. The maximum atomic E-state index is 9.56. The number of aliphatic hydroxyl groups is 1. The summed E-state index contributed by atoms with van der Waals surface area (Å²) in [5.74, 6) is 1.36. The second-order valence-electron chi connectivity index (χ2n) is 5.60. The Labute approximate surface area is 124 Å². The van der Waals surface area contributed by atoms with Gasteiger partial charge in [0.1, 0.15) is 11.6 Å². The molecule has 1 aromatic carbocycles. The van der Waals surface area contributed by atoms with Gasteiger partial charge in [0.15, 0.2) is 0 Å². The Morgan fingerprint density at radius 1 is 1.33 bits per heavy atom. The maximum absolute atomic E-state index is 9.56. The quantitative estimate of drug-likeness (QED) is 0.900. The highest BCUT2D eigenvalue weighted by Crippen LogP contribution is 2.24. The smallest absolute Gasteiger partial charge is 0.128 e. The molecule has 2 heterocycles. The average Bonchev–Trinajstić information content (AvgIpc) is 2.50. The van der Waals surface area contributed by atoms with Crippen LogP contribution in [-0.2, 0) is 6.54 Å². The summed E-state index contributed by atoms with van der Waals surface area (Å²) >= 11 is 0. The molecule has 0 unspecified atom stereocenters. The zero-order valence-corrected chi connectivity index (χ0v) is 12.2. The summed E-state index contributed by atoms with van der Waals surface area (Å²) in [6.45, 7) is 2.59. The number of likely N-dealkylation sites (tertiary alicyclic amines) is 1. The summed E-state index contributed by atoms with van der Waals surface area (Å²) in [6.07, 6.45) is 1.51. The van der Waals surface area contributed by atoms with E-state index in [-0.39, 0.29) is 6.10 Å². The van der Waals surface area contributed by atoms with Gasteiger partial charge in [-0.3, -0.25) is 4.90 Å². The minimum absolute atomic E-state index is 0.152. The van der Waals surface area contributed by atoms with E-state index in [0.29, 0.717) is 5.82 Å². The van der Waals surface area contributed by atoms with Crippen molar-refractivity contribution in [1.29, 1.82) is 0 Å². The van der Waals surface area contributed by atoms with Crippen LogP contribution in [0.4, 0.5) is 5.82 Å². The van der Waals surface area contributed by atoms with Crippen molar-refractivity contribution < 1.29 is 9.84 Å². The summed E-state index contributed by atoms with van der Waals surface area (Å²) in [7, 11) is 1.64. The van der Waals surface area contributed by atoms with E-state index in [4.69, 9.17) is 10.5 Å². The van der Waals surface area contributed by atoms with Crippen LogP contribution in [0.15, 0.2) is 24.3 Å². The van der Waals surface area contributed by atoms with Gasteiger partial charge in [-0.05, 0) is 31.0 Å². The van der Waals surface area contributed by atoms with Gasteiger partial charge in [-0.1, -0.05) is 0 Å². The lowest BCUT2D eigenvalue weighted by atomic mass is 10.1. The molecule has 21 heavy (non-hydrogen) atoms. The number of nitrogens with zero attached hydrogens (tertiary/aromatic N) is 2. The molecule has 0 saturated carbocycles. The number of aromatic nitrogens is 1. The zero-order valence-electron chi connectivity index (χ0n) is 12.2. The molecular formula is C16H21N3O2. The molecule has 0 amide bonds. The number of anilines is 1. The first-order valence-corrected chi connectivity index (χ1v) is 7.29. The SMILES string of the molecule is COc1ccc2cc(CN3CCC(O)CC3)c(N)nc2c1. The fourth-order valence-electron chi connectivity index (χ4n) is 2.78. The lowest BCUT2D eigenvalue weighted by Gasteiger charge is -2.29. The van der Waals surface area contributed by atoms with E-state index < -0.39 is 0 Å². The molecule has 3 N–H and O–H groups in total. The average molecular weight is 287 g/mol. The number of ether oxygens (including phenoxy) is 1. The summed E-state index contributed by atoms with van der Waals surface area (Å²) in [5.41, 5.74) is 7.99. The Kier molecular flexibility index (Phi) is 3.94. The number of fused-ring (bicyclic) bond motifs is 1. The van der Waals surface area contributed by atoms with Crippen LogP contribution < -0.4 is 10.5 Å². The first-order valence-electron chi connectivity index (χ1n) is 7.29. The van der Waals surface area contributed by atoms with Gasteiger partial charge < -0.3 is 15.6 Å². The Hall–Kier alpha value is -1.85. The van der Waals surface area contributed by atoms with E-state index in [2.05, 4.69) is 16.0 Å². The molecule has 1 saturated heterocycles. The summed E-state index contributed by atoms with van der Waals surface area (Å²) in [5, 5.41) is 10.6. The van der Waals surface area contributed by atoms with Crippen molar-refractivity contribution in [2.45, 2.75) is 25.5 Å². The van der Waals surface area contributed by atoms with Gasteiger partial charge in [-0.2, -0.15) is 0 Å². The molecule has 2 aromatic rings. The lowest BCUT2D eigenvalue weighted by Crippen LogP contribution is -2.35. The van der Waals surface area contributed by atoms with Crippen LogP contribution in [0.25, 0.3) is 10.9 Å². The predicted octanol–water partition coefficient (Wildman–Crippen LogP) is 1.78. The monoisotopic (exact) mass is 287 g/mol. The molecule has 1 aliphatic rings. The molecule has 1 fully saturated rings.